The highest BCUT2D eigenvalue weighted by Crippen LogP contribution is 2.23. The van der Waals surface area contributed by atoms with Crippen LogP contribution in [0.25, 0.3) is 0 Å². The van der Waals surface area contributed by atoms with Crippen molar-refractivity contribution in [3.8, 4) is 0 Å². The van der Waals surface area contributed by atoms with E-state index < -0.39 is 25.1 Å². The Morgan fingerprint density at radius 3 is 2.57 bits per heavy atom. The molecule has 0 amide bonds. The van der Waals surface area contributed by atoms with Gasteiger partial charge in [0.2, 0.25) is 10.0 Å². The maximum absolute atomic E-state index is 12.3. The topological polar surface area (TPSA) is 148 Å². The number of nitrogens with one attached hydrogen (secondary N) is 2. The second-order valence-electron chi connectivity index (χ2n) is 4.94. The summed E-state index contributed by atoms with van der Waals surface area (Å²) in [5.74, 6) is -0.462. The minimum absolute atomic E-state index is 0.0604. The lowest BCUT2D eigenvalue weighted by Crippen LogP contribution is -2.36. The fraction of sp³-hybridized carbons (Fsp3) is 0.600. The highest BCUT2D eigenvalue weighted by Gasteiger charge is 2.33. The van der Waals surface area contributed by atoms with E-state index in [9.17, 15) is 16.8 Å². The summed E-state index contributed by atoms with van der Waals surface area (Å²) in [5, 5.41) is 10.5. The number of anilines is 1. The largest absolute Gasteiger partial charge is 0.384 e. The van der Waals surface area contributed by atoms with E-state index >= 15 is 0 Å². The smallest absolute Gasteiger partial charge is 0.236 e. The van der Waals surface area contributed by atoms with Gasteiger partial charge in [0.1, 0.15) is 21.5 Å². The summed E-state index contributed by atoms with van der Waals surface area (Å²) < 4.78 is 51.0. The van der Waals surface area contributed by atoms with Gasteiger partial charge < -0.3 is 5.73 Å². The van der Waals surface area contributed by atoms with E-state index in [2.05, 4.69) is 9.82 Å². The van der Waals surface area contributed by atoms with E-state index in [4.69, 9.17) is 11.1 Å². The molecule has 2 rings (SSSR count). The minimum atomic E-state index is -3.76. The standard InChI is InChI=1S/C10H17N5O4S2/c1-15-10(8(6-13-15)9(11)12)14-21(18,19)7-2-4-20(16,17)5-3-7/h6-7,14H,2-5H2,1H3,(H3,11,12). The van der Waals surface area contributed by atoms with Gasteiger partial charge in [-0.25, -0.2) is 16.8 Å². The van der Waals surface area contributed by atoms with Crippen LogP contribution in [-0.4, -0.2) is 49.2 Å². The number of aryl methyl sites for hydroxylation is 1. The Kier molecular flexibility index (Phi) is 3.97. The molecule has 0 saturated carbocycles. The van der Waals surface area contributed by atoms with Crippen molar-refractivity contribution in [2.24, 2.45) is 12.8 Å². The molecule has 0 bridgehead atoms. The predicted molar refractivity (Wildman–Crippen MR) is 78.4 cm³/mol. The zero-order chi connectivity index (χ0) is 15.8. The van der Waals surface area contributed by atoms with E-state index in [1.54, 1.807) is 0 Å². The Labute approximate surface area is 123 Å². The second-order valence-corrected chi connectivity index (χ2v) is 9.21. The van der Waals surface area contributed by atoms with E-state index in [1.165, 1.54) is 17.9 Å². The summed E-state index contributed by atoms with van der Waals surface area (Å²) in [6, 6.07) is 0. The molecule has 4 N–H and O–H groups in total. The molecular formula is C10H17N5O4S2. The molecule has 118 valence electrons. The van der Waals surface area contributed by atoms with Crippen molar-refractivity contribution in [3.63, 3.8) is 0 Å². The summed E-state index contributed by atoms with van der Waals surface area (Å²) in [6.07, 6.45) is 1.42. The van der Waals surface area contributed by atoms with Crippen molar-refractivity contribution in [1.29, 1.82) is 5.41 Å². The maximum Gasteiger partial charge on any atom is 0.236 e. The lowest BCUT2D eigenvalue weighted by Gasteiger charge is -2.22. The summed E-state index contributed by atoms with van der Waals surface area (Å²) in [5.41, 5.74) is 5.56. The SMILES string of the molecule is Cn1ncc(C(=N)N)c1NS(=O)(=O)C1CCS(=O)(=O)CC1. The first-order valence-corrected chi connectivity index (χ1v) is 9.57. The third-order valence-electron chi connectivity index (χ3n) is 3.41. The Morgan fingerprint density at radius 2 is 2.05 bits per heavy atom. The van der Waals surface area contributed by atoms with Gasteiger partial charge >= 0.3 is 0 Å². The van der Waals surface area contributed by atoms with Crippen molar-refractivity contribution in [2.45, 2.75) is 18.1 Å². The molecule has 1 aromatic rings. The zero-order valence-corrected chi connectivity index (χ0v) is 13.0. The number of nitrogen functional groups attached to an aromatic ring is 1. The van der Waals surface area contributed by atoms with Gasteiger partial charge in [0, 0.05) is 7.05 Å². The number of aromatic nitrogens is 2. The van der Waals surface area contributed by atoms with Gasteiger partial charge in [-0.05, 0) is 12.8 Å². The molecule has 1 aliphatic heterocycles. The number of sulfone groups is 1. The normalized spacial score (nSPS) is 19.3. The van der Waals surface area contributed by atoms with Crippen molar-refractivity contribution in [3.05, 3.63) is 11.8 Å². The van der Waals surface area contributed by atoms with Crippen LogP contribution in [0.3, 0.4) is 0 Å². The zero-order valence-electron chi connectivity index (χ0n) is 11.4. The van der Waals surface area contributed by atoms with Crippen LogP contribution in [0.15, 0.2) is 6.20 Å². The van der Waals surface area contributed by atoms with Crippen LogP contribution >= 0.6 is 0 Å². The molecule has 1 aliphatic rings. The fourth-order valence-corrected chi connectivity index (χ4v) is 5.48. The van der Waals surface area contributed by atoms with E-state index in [0.29, 0.717) is 0 Å². The van der Waals surface area contributed by atoms with Gasteiger partial charge in [-0.15, -0.1) is 0 Å². The predicted octanol–water partition coefficient (Wildman–Crippen LogP) is -0.977. The minimum Gasteiger partial charge on any atom is -0.384 e. The average Bonchev–Trinajstić information content (AvgIpc) is 2.70. The van der Waals surface area contributed by atoms with Crippen molar-refractivity contribution < 1.29 is 16.8 Å². The van der Waals surface area contributed by atoms with Gasteiger partial charge in [0.25, 0.3) is 0 Å². The van der Waals surface area contributed by atoms with Crippen LogP contribution < -0.4 is 10.5 Å². The summed E-state index contributed by atoms with van der Waals surface area (Å²) in [7, 11) is -5.37. The number of nitrogens with two attached hydrogens (primary N) is 1. The third kappa shape index (κ3) is 3.35. The van der Waals surface area contributed by atoms with Crippen molar-refractivity contribution >= 4 is 31.5 Å². The van der Waals surface area contributed by atoms with Gasteiger partial charge in [0.05, 0.1) is 28.5 Å². The number of hydrogen-bond acceptors (Lipinski definition) is 6. The first-order valence-electron chi connectivity index (χ1n) is 6.21. The number of rotatable bonds is 4. The number of hydrogen-bond donors (Lipinski definition) is 3. The first kappa shape index (κ1) is 15.8. The lowest BCUT2D eigenvalue weighted by molar-refractivity contribution is 0.555. The van der Waals surface area contributed by atoms with Crippen LogP contribution in [-0.2, 0) is 26.9 Å². The van der Waals surface area contributed by atoms with Crippen LogP contribution in [0, 0.1) is 5.41 Å². The Balaban J connectivity index is 2.23. The van der Waals surface area contributed by atoms with Gasteiger partial charge in [-0.3, -0.25) is 14.8 Å². The second kappa shape index (κ2) is 5.30. The molecule has 0 spiro atoms. The molecular weight excluding hydrogens is 318 g/mol. The maximum atomic E-state index is 12.3. The first-order chi connectivity index (χ1) is 9.62. The highest BCUT2D eigenvalue weighted by atomic mass is 32.2. The molecule has 0 radical (unpaired) electrons. The molecule has 0 unspecified atom stereocenters. The Hall–Kier alpha value is -1.62. The molecule has 1 fully saturated rings. The molecule has 11 heteroatoms. The van der Waals surface area contributed by atoms with E-state index in [1.807, 2.05) is 0 Å². The lowest BCUT2D eigenvalue weighted by atomic mass is 10.2. The highest BCUT2D eigenvalue weighted by molar-refractivity contribution is 7.94. The molecule has 1 saturated heterocycles. The monoisotopic (exact) mass is 335 g/mol. The van der Waals surface area contributed by atoms with Crippen LogP contribution in [0.4, 0.5) is 5.82 Å². The van der Waals surface area contributed by atoms with Crippen LogP contribution in [0.5, 0.6) is 0 Å². The van der Waals surface area contributed by atoms with E-state index in [-0.39, 0.29) is 41.6 Å². The van der Waals surface area contributed by atoms with Crippen LogP contribution in [0.1, 0.15) is 18.4 Å². The number of nitrogens with zero attached hydrogens (tertiary/aromatic N) is 2. The van der Waals surface area contributed by atoms with Crippen molar-refractivity contribution in [2.75, 3.05) is 16.2 Å². The Bertz CT molecular complexity index is 751. The molecule has 21 heavy (non-hydrogen) atoms. The van der Waals surface area contributed by atoms with E-state index in [0.717, 1.165) is 0 Å². The number of amidine groups is 1. The van der Waals surface area contributed by atoms with Gasteiger partial charge in [-0.2, -0.15) is 5.10 Å². The molecule has 0 aromatic carbocycles. The third-order valence-corrected chi connectivity index (χ3v) is 6.95. The summed E-state index contributed by atoms with van der Waals surface area (Å²) >= 11 is 0. The van der Waals surface area contributed by atoms with Gasteiger partial charge in [0.15, 0.2) is 0 Å². The molecule has 1 aromatic heterocycles. The number of sulfonamides is 1. The van der Waals surface area contributed by atoms with Crippen LogP contribution in [0.2, 0.25) is 0 Å². The summed E-state index contributed by atoms with van der Waals surface area (Å²) in [4.78, 5) is 0. The van der Waals surface area contributed by atoms with Crippen molar-refractivity contribution in [1.82, 2.24) is 9.78 Å². The molecule has 0 atom stereocenters. The molecule has 9 nitrogen and oxygen atoms in total. The molecule has 2 heterocycles. The quantitative estimate of drug-likeness (QED) is 0.476. The summed E-state index contributed by atoms with van der Waals surface area (Å²) in [6.45, 7) is 0. The average molecular weight is 335 g/mol. The van der Waals surface area contributed by atoms with Gasteiger partial charge in [-0.1, -0.05) is 0 Å². The Morgan fingerprint density at radius 1 is 1.48 bits per heavy atom. The molecule has 0 aliphatic carbocycles. The fourth-order valence-electron chi connectivity index (χ4n) is 2.15.